The van der Waals surface area contributed by atoms with E-state index in [0.717, 1.165) is 41.9 Å². The van der Waals surface area contributed by atoms with E-state index in [9.17, 15) is 5.11 Å². The quantitative estimate of drug-likeness (QED) is 0.467. The number of aliphatic hydroxyl groups is 1. The average Bonchev–Trinajstić information content (AvgIpc) is 3.02. The Labute approximate surface area is 181 Å². The molecule has 166 valence electrons. The molecule has 29 heavy (non-hydrogen) atoms. The molecule has 0 radical (unpaired) electrons. The third-order valence-electron chi connectivity index (χ3n) is 10.8. The standard InChI is InChI=1S/C28H48O/c1-7-20-13-16-27(5)21(18-20)8-9-22-24-11-10-23(19(2)12-15-26(3,4)29)28(24,6)17-14-25(22)27/h8,19-20,22-25,29H,7,9-18H2,1-6H3/t19-,20+,22?,23?,24?,25?,27+,28-/m1/s1. The summed E-state index contributed by atoms with van der Waals surface area (Å²) >= 11 is 0. The molecule has 0 aliphatic heterocycles. The van der Waals surface area contributed by atoms with Gasteiger partial charge in [-0.3, -0.25) is 0 Å². The average molecular weight is 401 g/mol. The predicted octanol–water partition coefficient (Wildman–Crippen LogP) is 7.78. The second-order valence-electron chi connectivity index (χ2n) is 12.8. The highest BCUT2D eigenvalue weighted by molar-refractivity contribution is 5.25. The van der Waals surface area contributed by atoms with E-state index in [1.807, 2.05) is 19.4 Å². The topological polar surface area (TPSA) is 20.2 Å². The zero-order valence-electron chi connectivity index (χ0n) is 20.3. The number of allylic oxidation sites excluding steroid dienone is 2. The van der Waals surface area contributed by atoms with Crippen molar-refractivity contribution in [2.24, 2.45) is 46.3 Å². The first-order chi connectivity index (χ1) is 13.6. The summed E-state index contributed by atoms with van der Waals surface area (Å²) in [4.78, 5) is 0. The summed E-state index contributed by atoms with van der Waals surface area (Å²) < 4.78 is 0. The van der Waals surface area contributed by atoms with Crippen molar-refractivity contribution in [1.29, 1.82) is 0 Å². The fourth-order valence-electron chi connectivity index (χ4n) is 8.84. The van der Waals surface area contributed by atoms with Crippen molar-refractivity contribution in [2.45, 2.75) is 118 Å². The molecule has 0 spiro atoms. The molecule has 8 atom stereocenters. The minimum atomic E-state index is -0.513. The molecule has 0 aromatic rings. The fraction of sp³-hybridized carbons (Fsp3) is 0.929. The van der Waals surface area contributed by atoms with Gasteiger partial charge in [-0.05, 0) is 124 Å². The van der Waals surface area contributed by atoms with Crippen LogP contribution in [0.2, 0.25) is 0 Å². The van der Waals surface area contributed by atoms with Gasteiger partial charge in [0, 0.05) is 0 Å². The lowest BCUT2D eigenvalue weighted by Crippen LogP contribution is -2.50. The lowest BCUT2D eigenvalue weighted by atomic mass is 9.46. The molecule has 0 amide bonds. The highest BCUT2D eigenvalue weighted by atomic mass is 16.3. The Kier molecular flexibility index (Phi) is 5.81. The molecule has 0 saturated heterocycles. The van der Waals surface area contributed by atoms with E-state index >= 15 is 0 Å². The largest absolute Gasteiger partial charge is 0.390 e. The zero-order valence-corrected chi connectivity index (χ0v) is 20.3. The Morgan fingerprint density at radius 2 is 1.86 bits per heavy atom. The van der Waals surface area contributed by atoms with Crippen LogP contribution < -0.4 is 0 Å². The van der Waals surface area contributed by atoms with Crippen LogP contribution in [0, 0.1) is 46.3 Å². The van der Waals surface area contributed by atoms with Crippen LogP contribution in [0.4, 0.5) is 0 Å². The molecule has 4 rings (SSSR count). The van der Waals surface area contributed by atoms with Gasteiger partial charge in [-0.15, -0.1) is 0 Å². The third-order valence-corrected chi connectivity index (χ3v) is 10.8. The van der Waals surface area contributed by atoms with Gasteiger partial charge in [-0.25, -0.2) is 0 Å². The van der Waals surface area contributed by atoms with E-state index < -0.39 is 5.60 Å². The van der Waals surface area contributed by atoms with Gasteiger partial charge in [-0.2, -0.15) is 0 Å². The lowest BCUT2D eigenvalue weighted by molar-refractivity contribution is -0.0542. The highest BCUT2D eigenvalue weighted by Crippen LogP contribution is 2.67. The van der Waals surface area contributed by atoms with Crippen molar-refractivity contribution in [2.75, 3.05) is 0 Å². The summed E-state index contributed by atoms with van der Waals surface area (Å²) in [5.41, 5.74) is 2.40. The van der Waals surface area contributed by atoms with Crippen molar-refractivity contribution in [1.82, 2.24) is 0 Å². The lowest BCUT2D eigenvalue weighted by Gasteiger charge is -2.58. The number of fused-ring (bicyclic) bond motifs is 5. The fourth-order valence-corrected chi connectivity index (χ4v) is 8.84. The van der Waals surface area contributed by atoms with Gasteiger partial charge in [0.05, 0.1) is 5.60 Å². The summed E-state index contributed by atoms with van der Waals surface area (Å²) in [6.07, 6.45) is 17.7. The summed E-state index contributed by atoms with van der Waals surface area (Å²) in [6, 6.07) is 0. The van der Waals surface area contributed by atoms with Crippen molar-refractivity contribution >= 4 is 0 Å². The predicted molar refractivity (Wildman–Crippen MR) is 124 cm³/mol. The second-order valence-corrected chi connectivity index (χ2v) is 12.8. The molecular weight excluding hydrogens is 352 g/mol. The van der Waals surface area contributed by atoms with Crippen LogP contribution in [0.3, 0.4) is 0 Å². The smallest absolute Gasteiger partial charge is 0.0591 e. The molecule has 4 aliphatic rings. The Balaban J connectivity index is 1.51. The van der Waals surface area contributed by atoms with E-state index in [-0.39, 0.29) is 0 Å². The summed E-state index contributed by atoms with van der Waals surface area (Å²) in [5.74, 6) is 5.39. The van der Waals surface area contributed by atoms with Gasteiger partial charge in [0.2, 0.25) is 0 Å². The zero-order chi connectivity index (χ0) is 21.0. The molecule has 3 fully saturated rings. The molecule has 4 aliphatic carbocycles. The number of hydrogen-bond donors (Lipinski definition) is 1. The van der Waals surface area contributed by atoms with Crippen molar-refractivity contribution < 1.29 is 5.11 Å². The maximum absolute atomic E-state index is 10.2. The molecular formula is C28H48O. The Hall–Kier alpha value is -0.300. The minimum Gasteiger partial charge on any atom is -0.390 e. The summed E-state index contributed by atoms with van der Waals surface area (Å²) in [5, 5.41) is 10.2. The number of hydrogen-bond acceptors (Lipinski definition) is 1. The SMILES string of the molecule is CC[C@H]1CC[C@@]2(C)C(=CCC3C4CCC([C@H](C)CCC(C)(C)O)[C@@]4(C)CCC32)C1. The molecule has 3 saturated carbocycles. The maximum Gasteiger partial charge on any atom is 0.0591 e. The first-order valence-corrected chi connectivity index (χ1v) is 13.0. The van der Waals surface area contributed by atoms with E-state index in [2.05, 4.69) is 33.8 Å². The van der Waals surface area contributed by atoms with E-state index in [1.54, 1.807) is 0 Å². The molecule has 1 nitrogen and oxygen atoms in total. The summed E-state index contributed by atoms with van der Waals surface area (Å²) in [6.45, 7) is 14.2. The van der Waals surface area contributed by atoms with Gasteiger partial charge in [-0.1, -0.05) is 45.8 Å². The van der Waals surface area contributed by atoms with Crippen molar-refractivity contribution in [3.05, 3.63) is 11.6 Å². The third kappa shape index (κ3) is 3.77. The van der Waals surface area contributed by atoms with Crippen LogP contribution in [-0.4, -0.2) is 10.7 Å². The number of rotatable bonds is 5. The Morgan fingerprint density at radius 1 is 1.10 bits per heavy atom. The molecule has 4 unspecified atom stereocenters. The summed E-state index contributed by atoms with van der Waals surface area (Å²) in [7, 11) is 0. The molecule has 0 bridgehead atoms. The van der Waals surface area contributed by atoms with Gasteiger partial charge < -0.3 is 5.11 Å². The van der Waals surface area contributed by atoms with E-state index in [0.29, 0.717) is 10.8 Å². The molecule has 0 aromatic carbocycles. The first-order valence-electron chi connectivity index (χ1n) is 13.0. The molecule has 1 N–H and O–H groups in total. The van der Waals surface area contributed by atoms with Crippen molar-refractivity contribution in [3.63, 3.8) is 0 Å². The second kappa shape index (κ2) is 7.68. The van der Waals surface area contributed by atoms with Gasteiger partial charge in [0.15, 0.2) is 0 Å². The Bertz CT molecular complexity index is 627. The van der Waals surface area contributed by atoms with Crippen LogP contribution in [0.25, 0.3) is 0 Å². The van der Waals surface area contributed by atoms with E-state index in [1.165, 1.54) is 64.2 Å². The minimum absolute atomic E-state index is 0.513. The van der Waals surface area contributed by atoms with Crippen LogP contribution in [0.1, 0.15) is 112 Å². The van der Waals surface area contributed by atoms with Gasteiger partial charge in [0.25, 0.3) is 0 Å². The molecule has 0 heterocycles. The molecule has 0 aromatic heterocycles. The maximum atomic E-state index is 10.2. The normalized spacial score (nSPS) is 45.8. The Morgan fingerprint density at radius 3 is 2.55 bits per heavy atom. The molecule has 1 heteroatoms. The monoisotopic (exact) mass is 400 g/mol. The van der Waals surface area contributed by atoms with Crippen molar-refractivity contribution in [3.8, 4) is 0 Å². The highest BCUT2D eigenvalue weighted by Gasteiger charge is 2.59. The van der Waals surface area contributed by atoms with Crippen LogP contribution in [0.15, 0.2) is 11.6 Å². The van der Waals surface area contributed by atoms with Crippen LogP contribution in [-0.2, 0) is 0 Å². The van der Waals surface area contributed by atoms with Gasteiger partial charge in [0.1, 0.15) is 0 Å². The first kappa shape index (κ1) is 21.9. The van der Waals surface area contributed by atoms with Crippen LogP contribution in [0.5, 0.6) is 0 Å². The van der Waals surface area contributed by atoms with E-state index in [4.69, 9.17) is 0 Å². The van der Waals surface area contributed by atoms with Crippen LogP contribution >= 0.6 is 0 Å². The van der Waals surface area contributed by atoms with Gasteiger partial charge >= 0.3 is 0 Å².